The summed E-state index contributed by atoms with van der Waals surface area (Å²) in [5, 5.41) is 5.80. The van der Waals surface area contributed by atoms with Crippen LogP contribution in [-0.4, -0.2) is 51.7 Å². The van der Waals surface area contributed by atoms with Gasteiger partial charge < -0.3 is 4.90 Å². The molecule has 0 saturated carbocycles. The fraction of sp³-hybridized carbons (Fsp3) is 0.444. The quantitative estimate of drug-likeness (QED) is 0.509. The normalized spacial score (nSPS) is 15.0. The summed E-state index contributed by atoms with van der Waals surface area (Å²) in [6.07, 6.45) is 3.91. The number of carbonyl (C=O) groups is 1. The van der Waals surface area contributed by atoms with Gasteiger partial charge >= 0.3 is 0 Å². The van der Waals surface area contributed by atoms with E-state index in [0.717, 1.165) is 45.3 Å². The molecule has 1 aromatic heterocycles. The van der Waals surface area contributed by atoms with E-state index in [-0.39, 0.29) is 11.5 Å². The lowest BCUT2D eigenvalue weighted by atomic mass is 10.1. The van der Waals surface area contributed by atoms with Gasteiger partial charge in [-0.05, 0) is 37.0 Å². The Bertz CT molecular complexity index is 1170. The number of nitrogens with zero attached hydrogens (tertiary/aromatic N) is 4. The van der Waals surface area contributed by atoms with Crippen molar-refractivity contribution in [3.05, 3.63) is 75.7 Å². The summed E-state index contributed by atoms with van der Waals surface area (Å²) >= 11 is 0. The second-order valence-electron chi connectivity index (χ2n) is 8.98. The van der Waals surface area contributed by atoms with Crippen molar-refractivity contribution < 1.29 is 4.79 Å². The van der Waals surface area contributed by atoms with Gasteiger partial charge in [-0.15, -0.1) is 0 Å². The third-order valence-corrected chi connectivity index (χ3v) is 6.57. The molecular formula is C27H34N4O2. The molecule has 0 bridgehead atoms. The highest BCUT2D eigenvalue weighted by Gasteiger charge is 2.24. The first-order valence-electron chi connectivity index (χ1n) is 12.1. The molecule has 1 fully saturated rings. The van der Waals surface area contributed by atoms with Crippen LogP contribution in [0, 0.1) is 6.92 Å². The summed E-state index contributed by atoms with van der Waals surface area (Å²) in [5.74, 6) is -0.0758. The average Bonchev–Trinajstić information content (AvgIpc) is 3.07. The van der Waals surface area contributed by atoms with Crippen molar-refractivity contribution in [2.45, 2.75) is 52.6 Å². The van der Waals surface area contributed by atoms with E-state index in [0.29, 0.717) is 36.1 Å². The number of rotatable bonds is 7. The van der Waals surface area contributed by atoms with E-state index in [2.05, 4.69) is 48.1 Å². The Morgan fingerprint density at radius 1 is 0.939 bits per heavy atom. The zero-order valence-electron chi connectivity index (χ0n) is 19.8. The van der Waals surface area contributed by atoms with Crippen LogP contribution in [0.1, 0.15) is 54.2 Å². The van der Waals surface area contributed by atoms with E-state index in [1.807, 2.05) is 23.1 Å². The molecule has 0 unspecified atom stereocenters. The van der Waals surface area contributed by atoms with Crippen LogP contribution in [-0.2, 0) is 13.1 Å². The first kappa shape index (κ1) is 23.2. The average molecular weight is 447 g/mol. The second-order valence-corrected chi connectivity index (χ2v) is 8.98. The Hall–Kier alpha value is -2.99. The van der Waals surface area contributed by atoms with Gasteiger partial charge in [0, 0.05) is 44.7 Å². The fourth-order valence-electron chi connectivity index (χ4n) is 4.57. The summed E-state index contributed by atoms with van der Waals surface area (Å²) in [6.45, 7) is 8.88. The molecule has 33 heavy (non-hydrogen) atoms. The first-order valence-corrected chi connectivity index (χ1v) is 12.1. The fourth-order valence-corrected chi connectivity index (χ4v) is 4.57. The van der Waals surface area contributed by atoms with Crippen LogP contribution >= 0.6 is 0 Å². The number of aromatic nitrogens is 2. The van der Waals surface area contributed by atoms with Crippen molar-refractivity contribution in [3.63, 3.8) is 0 Å². The van der Waals surface area contributed by atoms with Gasteiger partial charge in [-0.3, -0.25) is 14.5 Å². The van der Waals surface area contributed by atoms with Gasteiger partial charge in [0.15, 0.2) is 5.69 Å². The van der Waals surface area contributed by atoms with Gasteiger partial charge in [0.2, 0.25) is 0 Å². The van der Waals surface area contributed by atoms with Crippen LogP contribution in [0.2, 0.25) is 0 Å². The molecule has 0 aliphatic carbocycles. The van der Waals surface area contributed by atoms with Crippen molar-refractivity contribution >= 4 is 16.7 Å². The Morgan fingerprint density at radius 3 is 2.48 bits per heavy atom. The zero-order chi connectivity index (χ0) is 23.2. The molecule has 1 amide bonds. The predicted molar refractivity (Wildman–Crippen MR) is 133 cm³/mol. The highest BCUT2D eigenvalue weighted by Crippen LogP contribution is 2.18. The zero-order valence-corrected chi connectivity index (χ0v) is 19.8. The molecule has 0 spiro atoms. The monoisotopic (exact) mass is 446 g/mol. The molecule has 6 heteroatoms. The van der Waals surface area contributed by atoms with Gasteiger partial charge in [-0.2, -0.15) is 5.10 Å². The smallest absolute Gasteiger partial charge is 0.274 e. The Kier molecular flexibility index (Phi) is 7.55. The molecule has 4 rings (SSSR count). The lowest BCUT2D eigenvalue weighted by Gasteiger charge is -2.23. The standard InChI is InChI=1S/C27H34N4O2/c1-3-4-9-17-31-26(32)24-14-8-7-13-23(24)25(28-31)27(33)30-16-10-15-29(18-19-30)20-22-12-6-5-11-21(22)2/h5-8,11-14H,3-4,9-10,15-20H2,1-2H3. The highest BCUT2D eigenvalue weighted by molar-refractivity contribution is 6.04. The van der Waals surface area contributed by atoms with Crippen molar-refractivity contribution in [1.29, 1.82) is 0 Å². The molecule has 6 nitrogen and oxygen atoms in total. The van der Waals surface area contributed by atoms with Crippen molar-refractivity contribution in [2.75, 3.05) is 26.2 Å². The number of benzene rings is 2. The molecule has 0 radical (unpaired) electrons. The van der Waals surface area contributed by atoms with E-state index in [1.54, 1.807) is 6.07 Å². The number of aryl methyl sites for hydroxylation is 2. The van der Waals surface area contributed by atoms with E-state index >= 15 is 0 Å². The summed E-state index contributed by atoms with van der Waals surface area (Å²) in [7, 11) is 0. The Morgan fingerprint density at radius 2 is 1.70 bits per heavy atom. The van der Waals surface area contributed by atoms with Gasteiger partial charge in [-0.1, -0.05) is 62.2 Å². The minimum absolute atomic E-state index is 0.0758. The molecule has 1 aliphatic rings. The second kappa shape index (κ2) is 10.8. The van der Waals surface area contributed by atoms with E-state index in [1.165, 1.54) is 15.8 Å². The molecule has 1 aliphatic heterocycles. The number of amides is 1. The van der Waals surface area contributed by atoms with Crippen LogP contribution in [0.5, 0.6) is 0 Å². The number of hydrogen-bond donors (Lipinski definition) is 0. The maximum Gasteiger partial charge on any atom is 0.274 e. The van der Waals surface area contributed by atoms with Crippen molar-refractivity contribution in [1.82, 2.24) is 19.6 Å². The van der Waals surface area contributed by atoms with Crippen LogP contribution in [0.3, 0.4) is 0 Å². The molecular weight excluding hydrogens is 412 g/mol. The summed E-state index contributed by atoms with van der Waals surface area (Å²) in [4.78, 5) is 30.9. The van der Waals surface area contributed by atoms with Crippen molar-refractivity contribution in [3.8, 4) is 0 Å². The van der Waals surface area contributed by atoms with E-state index in [4.69, 9.17) is 0 Å². The van der Waals surface area contributed by atoms with Crippen LogP contribution in [0.15, 0.2) is 53.3 Å². The molecule has 0 atom stereocenters. The Labute approximate surface area is 195 Å². The maximum absolute atomic E-state index is 13.6. The number of unbranched alkanes of at least 4 members (excludes halogenated alkanes) is 2. The molecule has 1 saturated heterocycles. The number of fused-ring (bicyclic) bond motifs is 1. The number of hydrogen-bond acceptors (Lipinski definition) is 4. The molecule has 2 heterocycles. The van der Waals surface area contributed by atoms with Gasteiger partial charge in [-0.25, -0.2) is 4.68 Å². The van der Waals surface area contributed by atoms with E-state index < -0.39 is 0 Å². The van der Waals surface area contributed by atoms with Crippen LogP contribution < -0.4 is 5.56 Å². The molecule has 0 N–H and O–H groups in total. The first-order chi connectivity index (χ1) is 16.1. The predicted octanol–water partition coefficient (Wildman–Crippen LogP) is 4.24. The van der Waals surface area contributed by atoms with Crippen LogP contribution in [0.4, 0.5) is 0 Å². The lowest BCUT2D eigenvalue weighted by Crippen LogP contribution is -2.37. The lowest BCUT2D eigenvalue weighted by molar-refractivity contribution is 0.0754. The molecule has 2 aromatic carbocycles. The van der Waals surface area contributed by atoms with Crippen molar-refractivity contribution in [2.24, 2.45) is 0 Å². The molecule has 174 valence electrons. The van der Waals surface area contributed by atoms with E-state index in [9.17, 15) is 9.59 Å². The summed E-state index contributed by atoms with van der Waals surface area (Å²) in [6, 6.07) is 15.9. The van der Waals surface area contributed by atoms with Gasteiger partial charge in [0.25, 0.3) is 11.5 Å². The SMILES string of the molecule is CCCCCn1nc(C(=O)N2CCCN(Cc3ccccc3C)CC2)c2ccccc2c1=O. The number of carbonyl (C=O) groups excluding carboxylic acids is 1. The largest absolute Gasteiger partial charge is 0.336 e. The minimum atomic E-state index is -0.112. The van der Waals surface area contributed by atoms with Crippen LogP contribution in [0.25, 0.3) is 10.8 Å². The third-order valence-electron chi connectivity index (χ3n) is 6.57. The Balaban J connectivity index is 1.55. The highest BCUT2D eigenvalue weighted by atomic mass is 16.2. The third kappa shape index (κ3) is 5.33. The minimum Gasteiger partial charge on any atom is -0.336 e. The molecule has 3 aromatic rings. The summed E-state index contributed by atoms with van der Waals surface area (Å²) < 4.78 is 1.49. The summed E-state index contributed by atoms with van der Waals surface area (Å²) in [5.41, 5.74) is 2.92. The van der Waals surface area contributed by atoms with Gasteiger partial charge in [0.05, 0.1) is 5.39 Å². The van der Waals surface area contributed by atoms with Gasteiger partial charge in [0.1, 0.15) is 0 Å². The topological polar surface area (TPSA) is 58.4 Å². The maximum atomic E-state index is 13.6.